The lowest BCUT2D eigenvalue weighted by atomic mass is 10.2. The maximum atomic E-state index is 12.6. The monoisotopic (exact) mass is 290 g/mol. The Morgan fingerprint density at radius 1 is 1.21 bits per heavy atom. The Labute approximate surface area is 120 Å². The number of thioether (sulfide) groups is 2. The summed E-state index contributed by atoms with van der Waals surface area (Å²) < 4.78 is 1.74. The van der Waals surface area contributed by atoms with Gasteiger partial charge in [-0.15, -0.1) is 11.8 Å². The van der Waals surface area contributed by atoms with Gasteiger partial charge in [-0.1, -0.05) is 18.2 Å². The van der Waals surface area contributed by atoms with Gasteiger partial charge in [-0.25, -0.2) is 4.68 Å². The molecule has 3 rings (SSSR count). The largest absolute Gasteiger partial charge is 0.291 e. The Balaban J connectivity index is 1.89. The highest BCUT2D eigenvalue weighted by molar-refractivity contribution is 8.07. The van der Waals surface area contributed by atoms with E-state index in [0.29, 0.717) is 5.69 Å². The molecule has 1 aliphatic rings. The van der Waals surface area contributed by atoms with Gasteiger partial charge in [0, 0.05) is 17.3 Å². The van der Waals surface area contributed by atoms with Crippen molar-refractivity contribution in [1.82, 2.24) is 9.78 Å². The quantitative estimate of drug-likeness (QED) is 0.814. The number of para-hydroxylation sites is 1. The fraction of sp³-hybridized carbons (Fsp3) is 0.286. The average molecular weight is 290 g/mol. The predicted octanol–water partition coefficient (Wildman–Crippen LogP) is 2.90. The van der Waals surface area contributed by atoms with E-state index in [9.17, 15) is 4.79 Å². The van der Waals surface area contributed by atoms with Crippen molar-refractivity contribution in [2.24, 2.45) is 0 Å². The average Bonchev–Trinajstić information content (AvgIpc) is 2.98. The summed E-state index contributed by atoms with van der Waals surface area (Å²) in [6, 6.07) is 11.6. The van der Waals surface area contributed by atoms with Gasteiger partial charge >= 0.3 is 0 Å². The summed E-state index contributed by atoms with van der Waals surface area (Å²) in [6.07, 6.45) is 1.70. The third kappa shape index (κ3) is 2.72. The number of benzene rings is 1. The van der Waals surface area contributed by atoms with E-state index in [1.54, 1.807) is 22.6 Å². The number of aromatic nitrogens is 2. The maximum Gasteiger partial charge on any atom is 0.195 e. The number of rotatable bonds is 3. The molecule has 1 saturated heterocycles. The number of ketones is 1. The highest BCUT2D eigenvalue weighted by atomic mass is 32.2. The van der Waals surface area contributed by atoms with Crippen LogP contribution in [0.25, 0.3) is 5.69 Å². The van der Waals surface area contributed by atoms with Gasteiger partial charge in [0.2, 0.25) is 0 Å². The molecule has 2 aromatic rings. The van der Waals surface area contributed by atoms with Crippen molar-refractivity contribution in [2.75, 3.05) is 17.3 Å². The number of hydrogen-bond donors (Lipinski definition) is 0. The molecule has 1 aromatic heterocycles. The molecule has 1 fully saturated rings. The van der Waals surface area contributed by atoms with Crippen molar-refractivity contribution in [2.45, 2.75) is 5.25 Å². The van der Waals surface area contributed by atoms with Crippen LogP contribution in [-0.2, 0) is 0 Å². The molecule has 19 heavy (non-hydrogen) atoms. The Hall–Kier alpha value is -1.20. The number of carbonyl (C=O) groups is 1. The number of nitrogens with zero attached hydrogens (tertiary/aromatic N) is 2. The lowest BCUT2D eigenvalue weighted by Gasteiger charge is -2.19. The van der Waals surface area contributed by atoms with Gasteiger partial charge in [-0.2, -0.15) is 16.9 Å². The third-order valence-corrected chi connectivity index (χ3v) is 5.76. The summed E-state index contributed by atoms with van der Waals surface area (Å²) in [7, 11) is 0. The zero-order valence-electron chi connectivity index (χ0n) is 10.4. The molecule has 1 unspecified atom stereocenters. The van der Waals surface area contributed by atoms with Gasteiger partial charge < -0.3 is 0 Å². The molecule has 1 aromatic carbocycles. The Morgan fingerprint density at radius 3 is 2.79 bits per heavy atom. The molecule has 0 radical (unpaired) electrons. The molecule has 0 amide bonds. The molecule has 0 aliphatic carbocycles. The fourth-order valence-electron chi connectivity index (χ4n) is 2.07. The number of hydrogen-bond acceptors (Lipinski definition) is 4. The van der Waals surface area contributed by atoms with Crippen molar-refractivity contribution in [3.63, 3.8) is 0 Å². The van der Waals surface area contributed by atoms with Crippen LogP contribution in [0.15, 0.2) is 42.6 Å². The minimum absolute atomic E-state index is 0.0675. The summed E-state index contributed by atoms with van der Waals surface area (Å²) in [5, 5.41) is 4.35. The highest BCUT2D eigenvalue weighted by Gasteiger charge is 2.26. The van der Waals surface area contributed by atoms with Crippen molar-refractivity contribution in [1.29, 1.82) is 0 Å². The molecule has 3 nitrogen and oxygen atoms in total. The second-order valence-electron chi connectivity index (χ2n) is 4.26. The van der Waals surface area contributed by atoms with E-state index in [2.05, 4.69) is 5.10 Å². The van der Waals surface area contributed by atoms with Crippen molar-refractivity contribution >= 4 is 29.3 Å². The van der Waals surface area contributed by atoms with Crippen LogP contribution in [-0.4, -0.2) is 38.1 Å². The van der Waals surface area contributed by atoms with Crippen molar-refractivity contribution in [3.05, 3.63) is 48.3 Å². The summed E-state index contributed by atoms with van der Waals surface area (Å²) in [4.78, 5) is 12.6. The first-order chi connectivity index (χ1) is 9.36. The Kier molecular flexibility index (Phi) is 3.94. The minimum Gasteiger partial charge on any atom is -0.291 e. The third-order valence-electron chi connectivity index (χ3n) is 3.00. The lowest BCUT2D eigenvalue weighted by molar-refractivity contribution is 0.0987. The molecule has 0 spiro atoms. The van der Waals surface area contributed by atoms with E-state index in [1.165, 1.54) is 0 Å². The molecule has 1 atom stereocenters. The molecule has 2 heterocycles. The van der Waals surface area contributed by atoms with Crippen LogP contribution in [0.4, 0.5) is 0 Å². The molecule has 98 valence electrons. The minimum atomic E-state index is 0.0675. The SMILES string of the molecule is O=C(c1ccnn1-c1ccccc1)C1CSCCS1. The van der Waals surface area contributed by atoms with Crippen LogP contribution in [0.2, 0.25) is 0 Å². The summed E-state index contributed by atoms with van der Waals surface area (Å²) >= 11 is 3.62. The smallest absolute Gasteiger partial charge is 0.195 e. The number of Topliss-reactive ketones (excluding diaryl/α,β-unsaturated/α-hetero) is 1. The van der Waals surface area contributed by atoms with Crippen LogP contribution >= 0.6 is 23.5 Å². The van der Waals surface area contributed by atoms with Crippen LogP contribution in [0, 0.1) is 0 Å². The molecule has 0 N–H and O–H groups in total. The Morgan fingerprint density at radius 2 is 2.05 bits per heavy atom. The van der Waals surface area contributed by atoms with Crippen molar-refractivity contribution in [3.8, 4) is 5.69 Å². The first kappa shape index (κ1) is 12.8. The van der Waals surface area contributed by atoms with Gasteiger partial charge in [0.15, 0.2) is 5.78 Å². The van der Waals surface area contributed by atoms with Gasteiger partial charge in [0.05, 0.1) is 17.1 Å². The Bertz CT molecular complexity index is 562. The zero-order valence-corrected chi connectivity index (χ0v) is 12.0. The molecule has 1 aliphatic heterocycles. The summed E-state index contributed by atoms with van der Waals surface area (Å²) in [6.45, 7) is 0. The lowest BCUT2D eigenvalue weighted by Crippen LogP contribution is -2.26. The molecular formula is C14H14N2OS2. The van der Waals surface area contributed by atoms with E-state index >= 15 is 0 Å². The molecule has 0 bridgehead atoms. The van der Waals surface area contributed by atoms with Crippen LogP contribution < -0.4 is 0 Å². The number of carbonyl (C=O) groups excluding carboxylic acids is 1. The van der Waals surface area contributed by atoms with Crippen LogP contribution in [0.3, 0.4) is 0 Å². The van der Waals surface area contributed by atoms with Gasteiger partial charge in [0.25, 0.3) is 0 Å². The predicted molar refractivity (Wildman–Crippen MR) is 81.5 cm³/mol. The second kappa shape index (κ2) is 5.84. The van der Waals surface area contributed by atoms with Crippen LogP contribution in [0.1, 0.15) is 10.5 Å². The van der Waals surface area contributed by atoms with Gasteiger partial charge in [0.1, 0.15) is 5.69 Å². The maximum absolute atomic E-state index is 12.6. The summed E-state index contributed by atoms with van der Waals surface area (Å²) in [5.74, 6) is 3.30. The van der Waals surface area contributed by atoms with E-state index in [1.807, 2.05) is 48.2 Å². The topological polar surface area (TPSA) is 34.9 Å². The van der Waals surface area contributed by atoms with E-state index in [0.717, 1.165) is 22.9 Å². The van der Waals surface area contributed by atoms with Gasteiger partial charge in [-0.05, 0) is 18.2 Å². The first-order valence-corrected chi connectivity index (χ1v) is 8.39. The standard InChI is InChI=1S/C14H14N2OS2/c17-14(13-10-18-8-9-19-13)12-6-7-15-16(12)11-4-2-1-3-5-11/h1-7,13H,8-10H2. The van der Waals surface area contributed by atoms with Crippen molar-refractivity contribution < 1.29 is 4.79 Å². The fourth-order valence-corrected chi connectivity index (χ4v) is 4.69. The second-order valence-corrected chi connectivity index (χ2v) is 6.72. The van der Waals surface area contributed by atoms with Gasteiger partial charge in [-0.3, -0.25) is 4.79 Å². The van der Waals surface area contributed by atoms with E-state index in [4.69, 9.17) is 0 Å². The van der Waals surface area contributed by atoms with E-state index in [-0.39, 0.29) is 11.0 Å². The highest BCUT2D eigenvalue weighted by Crippen LogP contribution is 2.27. The zero-order chi connectivity index (χ0) is 13.1. The molecule has 0 saturated carbocycles. The first-order valence-electron chi connectivity index (χ1n) is 6.19. The van der Waals surface area contributed by atoms with Crippen LogP contribution in [0.5, 0.6) is 0 Å². The normalized spacial score (nSPS) is 19.3. The molecular weight excluding hydrogens is 276 g/mol. The summed E-state index contributed by atoms with van der Waals surface area (Å²) in [5.41, 5.74) is 1.62. The van der Waals surface area contributed by atoms with E-state index < -0.39 is 0 Å². The molecule has 5 heteroatoms.